The van der Waals surface area contributed by atoms with E-state index in [0.29, 0.717) is 6.04 Å². The maximum Gasteiger partial charge on any atom is 0.0764 e. The topological polar surface area (TPSA) is 21.1 Å². The predicted octanol–water partition coefficient (Wildman–Crippen LogP) is 3.85. The lowest BCUT2D eigenvalue weighted by Crippen LogP contribution is -2.19. The van der Waals surface area contributed by atoms with E-state index in [1.54, 1.807) is 0 Å². The smallest absolute Gasteiger partial charge is 0.0764 e. The van der Waals surface area contributed by atoms with Gasteiger partial charge in [0.2, 0.25) is 0 Å². The zero-order valence-electron chi connectivity index (χ0n) is 11.9. The molecule has 0 saturated heterocycles. The molecule has 1 unspecified atom stereocenters. The lowest BCUT2D eigenvalue weighted by molar-refractivity contribution is 0.312. The van der Waals surface area contributed by atoms with E-state index in [9.17, 15) is 0 Å². The van der Waals surface area contributed by atoms with Crippen LogP contribution >= 0.6 is 15.9 Å². The van der Waals surface area contributed by atoms with Gasteiger partial charge in [0, 0.05) is 24.1 Å². The Morgan fingerprint density at radius 2 is 2.17 bits per heavy atom. The van der Waals surface area contributed by atoms with Gasteiger partial charge in [-0.3, -0.25) is 4.68 Å². The molecule has 0 aliphatic rings. The van der Waals surface area contributed by atoms with Gasteiger partial charge in [0.25, 0.3) is 0 Å². The number of unbranched alkanes of at least 4 members (excludes halogenated alkanes) is 2. The van der Waals surface area contributed by atoms with Gasteiger partial charge in [-0.15, -0.1) is 0 Å². The zero-order chi connectivity index (χ0) is 13.4. The highest BCUT2D eigenvalue weighted by atomic mass is 79.9. The molecule has 0 fully saturated rings. The molecule has 3 nitrogen and oxygen atoms in total. The van der Waals surface area contributed by atoms with Gasteiger partial charge in [-0.2, -0.15) is 5.10 Å². The van der Waals surface area contributed by atoms with E-state index in [1.807, 2.05) is 0 Å². The van der Waals surface area contributed by atoms with E-state index in [-0.39, 0.29) is 0 Å². The largest absolute Gasteiger partial charge is 0.300 e. The van der Waals surface area contributed by atoms with Crippen LogP contribution in [-0.4, -0.2) is 33.6 Å². The van der Waals surface area contributed by atoms with Crippen molar-refractivity contribution in [2.45, 2.75) is 52.1 Å². The summed E-state index contributed by atoms with van der Waals surface area (Å²) in [5, 5.41) is 5.75. The molecule has 1 aromatic heterocycles. The van der Waals surface area contributed by atoms with Gasteiger partial charge < -0.3 is 4.90 Å². The Labute approximate surface area is 120 Å². The van der Waals surface area contributed by atoms with E-state index >= 15 is 0 Å². The monoisotopic (exact) mass is 315 g/mol. The summed E-state index contributed by atoms with van der Waals surface area (Å²) in [5.41, 5.74) is 1.18. The third-order valence-electron chi connectivity index (χ3n) is 3.31. The van der Waals surface area contributed by atoms with Crippen molar-refractivity contribution in [3.05, 3.63) is 18.0 Å². The number of alkyl halides is 1. The van der Waals surface area contributed by atoms with Crippen molar-refractivity contribution in [1.29, 1.82) is 0 Å². The van der Waals surface area contributed by atoms with Crippen LogP contribution in [0.15, 0.2) is 12.3 Å². The number of halogens is 1. The first kappa shape index (κ1) is 15.7. The highest BCUT2D eigenvalue weighted by Gasteiger charge is 2.06. The Hall–Kier alpha value is -0.350. The van der Waals surface area contributed by atoms with Gasteiger partial charge >= 0.3 is 0 Å². The van der Waals surface area contributed by atoms with E-state index in [2.05, 4.69) is 63.8 Å². The van der Waals surface area contributed by atoms with Crippen LogP contribution in [0, 0.1) is 0 Å². The first-order valence-corrected chi connectivity index (χ1v) is 8.08. The van der Waals surface area contributed by atoms with E-state index < -0.39 is 0 Å². The molecule has 0 aliphatic carbocycles. The molecule has 1 atom stereocenters. The maximum absolute atomic E-state index is 4.63. The van der Waals surface area contributed by atoms with Crippen molar-refractivity contribution in [1.82, 2.24) is 14.7 Å². The molecule has 1 rings (SSSR count). The fourth-order valence-corrected chi connectivity index (χ4v) is 2.30. The van der Waals surface area contributed by atoms with Crippen molar-refractivity contribution in [2.24, 2.45) is 0 Å². The maximum atomic E-state index is 4.63. The summed E-state index contributed by atoms with van der Waals surface area (Å²) in [6.07, 6.45) is 7.08. The number of hydrogen-bond donors (Lipinski definition) is 0. The standard InChI is InChI=1S/C14H26BrN3/c1-4-13(2)18-11-8-14(16-18)12-17(3)10-7-5-6-9-15/h8,11,13H,4-7,9-10,12H2,1-3H3. The third-order valence-corrected chi connectivity index (χ3v) is 3.87. The summed E-state index contributed by atoms with van der Waals surface area (Å²) >= 11 is 3.47. The molecule has 0 aromatic carbocycles. The summed E-state index contributed by atoms with van der Waals surface area (Å²) in [4.78, 5) is 2.36. The Bertz CT molecular complexity index is 325. The molecular weight excluding hydrogens is 290 g/mol. The molecule has 0 spiro atoms. The van der Waals surface area contributed by atoms with Crippen molar-refractivity contribution in [2.75, 3.05) is 18.9 Å². The Morgan fingerprint density at radius 1 is 1.39 bits per heavy atom. The number of rotatable bonds is 9. The molecule has 1 aromatic rings. The van der Waals surface area contributed by atoms with Crippen LogP contribution in [0.4, 0.5) is 0 Å². The molecule has 0 amide bonds. The highest BCUT2D eigenvalue weighted by molar-refractivity contribution is 9.09. The first-order valence-electron chi connectivity index (χ1n) is 6.96. The van der Waals surface area contributed by atoms with Gasteiger partial charge in [0.1, 0.15) is 0 Å². The van der Waals surface area contributed by atoms with Crippen LogP contribution < -0.4 is 0 Å². The van der Waals surface area contributed by atoms with Crippen LogP contribution in [0.1, 0.15) is 51.3 Å². The highest BCUT2D eigenvalue weighted by Crippen LogP contribution is 2.10. The van der Waals surface area contributed by atoms with E-state index in [1.165, 1.54) is 25.0 Å². The average molecular weight is 316 g/mol. The Balaban J connectivity index is 2.30. The lowest BCUT2D eigenvalue weighted by atomic mass is 10.2. The zero-order valence-corrected chi connectivity index (χ0v) is 13.5. The molecule has 1 heterocycles. The van der Waals surface area contributed by atoms with Crippen molar-refractivity contribution >= 4 is 15.9 Å². The van der Waals surface area contributed by atoms with E-state index in [4.69, 9.17) is 0 Å². The second-order valence-corrected chi connectivity index (χ2v) is 5.82. The fraction of sp³-hybridized carbons (Fsp3) is 0.786. The minimum atomic E-state index is 0.503. The van der Waals surface area contributed by atoms with Crippen molar-refractivity contribution in [3.63, 3.8) is 0 Å². The molecule has 0 aliphatic heterocycles. The molecule has 0 radical (unpaired) electrons. The summed E-state index contributed by atoms with van der Waals surface area (Å²) in [7, 11) is 2.18. The molecular formula is C14H26BrN3. The van der Waals surface area contributed by atoms with Crippen LogP contribution in [0.5, 0.6) is 0 Å². The van der Waals surface area contributed by atoms with E-state index in [0.717, 1.165) is 24.8 Å². The summed E-state index contributed by atoms with van der Waals surface area (Å²) in [6.45, 7) is 6.52. The molecule has 4 heteroatoms. The lowest BCUT2D eigenvalue weighted by Gasteiger charge is -2.15. The molecule has 104 valence electrons. The minimum Gasteiger partial charge on any atom is -0.300 e. The van der Waals surface area contributed by atoms with Gasteiger partial charge in [-0.25, -0.2) is 0 Å². The molecule has 0 bridgehead atoms. The van der Waals surface area contributed by atoms with Gasteiger partial charge in [0.15, 0.2) is 0 Å². The quantitative estimate of drug-likeness (QED) is 0.510. The predicted molar refractivity (Wildman–Crippen MR) is 81.2 cm³/mol. The number of nitrogens with zero attached hydrogens (tertiary/aromatic N) is 3. The van der Waals surface area contributed by atoms with Crippen LogP contribution in [0.2, 0.25) is 0 Å². The fourth-order valence-electron chi connectivity index (χ4n) is 1.90. The summed E-state index contributed by atoms with van der Waals surface area (Å²) in [6, 6.07) is 2.64. The van der Waals surface area contributed by atoms with Crippen LogP contribution in [-0.2, 0) is 6.54 Å². The van der Waals surface area contributed by atoms with Crippen molar-refractivity contribution < 1.29 is 0 Å². The minimum absolute atomic E-state index is 0.503. The van der Waals surface area contributed by atoms with Gasteiger partial charge in [-0.05, 0) is 45.8 Å². The summed E-state index contributed by atoms with van der Waals surface area (Å²) < 4.78 is 2.08. The molecule has 0 saturated carbocycles. The van der Waals surface area contributed by atoms with Gasteiger partial charge in [0.05, 0.1) is 5.69 Å². The SMILES string of the molecule is CCC(C)n1ccc(CN(C)CCCCCBr)n1. The second kappa shape index (κ2) is 8.70. The number of hydrogen-bond acceptors (Lipinski definition) is 2. The second-order valence-electron chi connectivity index (χ2n) is 5.03. The van der Waals surface area contributed by atoms with Crippen LogP contribution in [0.3, 0.4) is 0 Å². The van der Waals surface area contributed by atoms with Crippen LogP contribution in [0.25, 0.3) is 0 Å². The summed E-state index contributed by atoms with van der Waals surface area (Å²) in [5.74, 6) is 0. The van der Waals surface area contributed by atoms with Gasteiger partial charge in [-0.1, -0.05) is 29.3 Å². The Kier molecular flexibility index (Phi) is 7.59. The normalized spacial score (nSPS) is 13.2. The number of aromatic nitrogens is 2. The molecule has 18 heavy (non-hydrogen) atoms. The first-order chi connectivity index (χ1) is 8.67. The molecule has 0 N–H and O–H groups in total. The van der Waals surface area contributed by atoms with Crippen molar-refractivity contribution in [3.8, 4) is 0 Å². The Morgan fingerprint density at radius 3 is 2.83 bits per heavy atom. The third kappa shape index (κ3) is 5.53. The average Bonchev–Trinajstić information content (AvgIpc) is 2.82.